The third-order valence-electron chi connectivity index (χ3n) is 4.88. The molecule has 3 rings (SSSR count). The zero-order valence-electron chi connectivity index (χ0n) is 17.5. The van der Waals surface area contributed by atoms with Crippen molar-refractivity contribution in [2.45, 2.75) is 37.5 Å². The molecule has 1 N–H and O–H groups in total. The molecule has 0 spiro atoms. The number of halogens is 1. The summed E-state index contributed by atoms with van der Waals surface area (Å²) in [5, 5.41) is 2.77. The zero-order chi connectivity index (χ0) is 22.3. The Morgan fingerprint density at radius 3 is 2.52 bits per heavy atom. The van der Waals surface area contributed by atoms with Crippen molar-refractivity contribution >= 4 is 21.6 Å². The third-order valence-corrected chi connectivity index (χ3v) is 6.78. The summed E-state index contributed by atoms with van der Waals surface area (Å²) in [6.45, 7) is 3.27. The highest BCUT2D eigenvalue weighted by molar-refractivity contribution is 7.89. The van der Waals surface area contributed by atoms with Crippen LogP contribution in [-0.4, -0.2) is 44.9 Å². The lowest BCUT2D eigenvalue weighted by Gasteiger charge is -2.26. The fourth-order valence-electron chi connectivity index (χ4n) is 3.17. The number of nitrogens with one attached hydrogen (secondary N) is 1. The van der Waals surface area contributed by atoms with Crippen molar-refractivity contribution in [3.8, 4) is 11.5 Å². The predicted molar refractivity (Wildman–Crippen MR) is 115 cm³/mol. The number of carbonyl (C=O) groups excluding carboxylic acids is 1. The van der Waals surface area contributed by atoms with E-state index in [-0.39, 0.29) is 35.3 Å². The second kappa shape index (κ2) is 10.7. The Morgan fingerprint density at radius 2 is 1.84 bits per heavy atom. The van der Waals surface area contributed by atoms with Gasteiger partial charge in [-0.1, -0.05) is 19.8 Å². The lowest BCUT2D eigenvalue weighted by molar-refractivity contribution is -0.116. The van der Waals surface area contributed by atoms with Crippen LogP contribution in [0.2, 0.25) is 0 Å². The second-order valence-electron chi connectivity index (χ2n) is 7.24. The van der Waals surface area contributed by atoms with Crippen LogP contribution in [0.15, 0.2) is 47.4 Å². The van der Waals surface area contributed by atoms with Gasteiger partial charge in [0.05, 0.1) is 23.8 Å². The molecule has 1 amide bonds. The van der Waals surface area contributed by atoms with Gasteiger partial charge >= 0.3 is 0 Å². The van der Waals surface area contributed by atoms with E-state index in [0.29, 0.717) is 25.4 Å². The highest BCUT2D eigenvalue weighted by Gasteiger charge is 2.27. The quantitative estimate of drug-likeness (QED) is 0.580. The first kappa shape index (κ1) is 23.2. The maximum Gasteiger partial charge on any atom is 0.243 e. The summed E-state index contributed by atoms with van der Waals surface area (Å²) in [5.41, 5.74) is 0.250. The van der Waals surface area contributed by atoms with Crippen molar-refractivity contribution in [3.05, 3.63) is 48.3 Å². The number of nitrogens with zero attached hydrogens (tertiary/aromatic N) is 1. The van der Waals surface area contributed by atoms with E-state index >= 15 is 0 Å². The summed E-state index contributed by atoms with van der Waals surface area (Å²) in [6, 6.07) is 9.78. The smallest absolute Gasteiger partial charge is 0.243 e. The van der Waals surface area contributed by atoms with E-state index in [1.165, 1.54) is 46.8 Å². The molecule has 1 aliphatic heterocycles. The number of sulfonamides is 1. The molecular weight excluding hydrogens is 423 g/mol. The van der Waals surface area contributed by atoms with Gasteiger partial charge in [0.2, 0.25) is 15.9 Å². The minimum Gasteiger partial charge on any atom is -0.455 e. The van der Waals surface area contributed by atoms with Gasteiger partial charge in [-0.3, -0.25) is 4.79 Å². The Bertz CT molecular complexity index is 989. The standard InChI is InChI=1S/C22H27FN2O5S/c1-2-3-4-5-22(26)24-20-16-19(31(27,28)25-12-14-29-15-13-25)10-11-21(20)30-18-8-6-17(23)7-9-18/h6-11,16H,2-5,12-15H2,1H3,(H,24,26). The van der Waals surface area contributed by atoms with Crippen molar-refractivity contribution in [3.63, 3.8) is 0 Å². The lowest BCUT2D eigenvalue weighted by Crippen LogP contribution is -2.40. The van der Waals surface area contributed by atoms with Crippen molar-refractivity contribution < 1.29 is 27.1 Å². The first-order valence-corrected chi connectivity index (χ1v) is 11.8. The molecular formula is C22H27FN2O5S. The molecule has 0 atom stereocenters. The number of hydrogen-bond acceptors (Lipinski definition) is 5. The van der Waals surface area contributed by atoms with Crippen molar-refractivity contribution in [1.82, 2.24) is 4.31 Å². The SMILES string of the molecule is CCCCCC(=O)Nc1cc(S(=O)(=O)N2CCOCC2)ccc1Oc1ccc(F)cc1. The predicted octanol–water partition coefficient (Wildman–Crippen LogP) is 4.16. The van der Waals surface area contributed by atoms with Crippen LogP contribution < -0.4 is 10.1 Å². The average Bonchev–Trinajstić information content (AvgIpc) is 2.77. The number of morpholine rings is 1. The summed E-state index contributed by atoms with van der Waals surface area (Å²) < 4.78 is 51.6. The molecule has 1 aliphatic rings. The molecule has 168 valence electrons. The van der Waals surface area contributed by atoms with E-state index in [0.717, 1.165) is 19.3 Å². The van der Waals surface area contributed by atoms with Gasteiger partial charge in [0.25, 0.3) is 0 Å². The van der Waals surface area contributed by atoms with Gasteiger partial charge < -0.3 is 14.8 Å². The summed E-state index contributed by atoms with van der Waals surface area (Å²) in [6.07, 6.45) is 2.98. The number of anilines is 1. The Balaban J connectivity index is 1.88. The Kier molecular flexibility index (Phi) is 8.00. The summed E-state index contributed by atoms with van der Waals surface area (Å²) >= 11 is 0. The number of benzene rings is 2. The van der Waals surface area contributed by atoms with Gasteiger partial charge in [0, 0.05) is 19.5 Å². The monoisotopic (exact) mass is 450 g/mol. The van der Waals surface area contributed by atoms with Gasteiger partial charge in [0.1, 0.15) is 11.6 Å². The largest absolute Gasteiger partial charge is 0.455 e. The maximum absolute atomic E-state index is 13.2. The summed E-state index contributed by atoms with van der Waals surface area (Å²) in [5.74, 6) is 0.0186. The lowest BCUT2D eigenvalue weighted by atomic mass is 10.2. The molecule has 0 radical (unpaired) electrons. The Hall–Kier alpha value is -2.49. The van der Waals surface area contributed by atoms with Gasteiger partial charge in [-0.2, -0.15) is 4.31 Å². The molecule has 1 fully saturated rings. The molecule has 31 heavy (non-hydrogen) atoms. The average molecular weight is 451 g/mol. The van der Waals surface area contributed by atoms with Crippen molar-refractivity contribution in [2.24, 2.45) is 0 Å². The summed E-state index contributed by atoms with van der Waals surface area (Å²) in [4.78, 5) is 12.5. The fourth-order valence-corrected chi connectivity index (χ4v) is 4.60. The molecule has 0 aliphatic carbocycles. The minimum atomic E-state index is -3.74. The van der Waals surface area contributed by atoms with E-state index in [1.807, 2.05) is 6.92 Å². The molecule has 0 bridgehead atoms. The summed E-state index contributed by atoms with van der Waals surface area (Å²) in [7, 11) is -3.74. The third kappa shape index (κ3) is 6.25. The number of unbranched alkanes of at least 4 members (excludes halogenated alkanes) is 2. The first-order valence-electron chi connectivity index (χ1n) is 10.4. The Labute approximate surface area is 182 Å². The minimum absolute atomic E-state index is 0.0599. The molecule has 1 heterocycles. The zero-order valence-corrected chi connectivity index (χ0v) is 18.3. The molecule has 0 aromatic heterocycles. The van der Waals surface area contributed by atoms with Gasteiger partial charge in [-0.15, -0.1) is 0 Å². The topological polar surface area (TPSA) is 84.9 Å². The normalized spacial score (nSPS) is 14.9. The number of ether oxygens (including phenoxy) is 2. The van der Waals surface area contributed by atoms with Crippen LogP contribution in [0, 0.1) is 5.82 Å². The molecule has 2 aromatic carbocycles. The number of amides is 1. The van der Waals surface area contributed by atoms with Gasteiger partial charge in [0.15, 0.2) is 5.75 Å². The van der Waals surface area contributed by atoms with Gasteiger partial charge in [-0.05, 0) is 48.9 Å². The van der Waals surface area contributed by atoms with Crippen LogP contribution in [0.1, 0.15) is 32.6 Å². The van der Waals surface area contributed by atoms with Crippen LogP contribution >= 0.6 is 0 Å². The van der Waals surface area contributed by atoms with Crippen LogP contribution in [0.25, 0.3) is 0 Å². The molecule has 7 nitrogen and oxygen atoms in total. The molecule has 0 unspecified atom stereocenters. The van der Waals surface area contributed by atoms with E-state index in [1.54, 1.807) is 0 Å². The van der Waals surface area contributed by atoms with E-state index in [9.17, 15) is 17.6 Å². The van der Waals surface area contributed by atoms with E-state index in [2.05, 4.69) is 5.32 Å². The molecule has 9 heteroatoms. The van der Waals surface area contributed by atoms with Gasteiger partial charge in [-0.25, -0.2) is 12.8 Å². The van der Waals surface area contributed by atoms with Crippen LogP contribution in [0.3, 0.4) is 0 Å². The van der Waals surface area contributed by atoms with Crippen molar-refractivity contribution in [1.29, 1.82) is 0 Å². The van der Waals surface area contributed by atoms with E-state index < -0.39 is 15.8 Å². The van der Waals surface area contributed by atoms with Crippen LogP contribution in [-0.2, 0) is 19.6 Å². The van der Waals surface area contributed by atoms with Crippen LogP contribution in [0.5, 0.6) is 11.5 Å². The molecule has 2 aromatic rings. The molecule has 1 saturated heterocycles. The highest BCUT2D eigenvalue weighted by Crippen LogP contribution is 2.33. The number of carbonyl (C=O) groups is 1. The van der Waals surface area contributed by atoms with Crippen LogP contribution in [0.4, 0.5) is 10.1 Å². The highest BCUT2D eigenvalue weighted by atomic mass is 32.2. The van der Waals surface area contributed by atoms with Crippen molar-refractivity contribution in [2.75, 3.05) is 31.6 Å². The molecule has 0 saturated carbocycles. The second-order valence-corrected chi connectivity index (χ2v) is 9.17. The Morgan fingerprint density at radius 1 is 1.13 bits per heavy atom. The van der Waals surface area contributed by atoms with E-state index in [4.69, 9.17) is 9.47 Å². The number of rotatable bonds is 9. The number of hydrogen-bond donors (Lipinski definition) is 1. The first-order chi connectivity index (χ1) is 14.9. The maximum atomic E-state index is 13.2. The fraction of sp³-hybridized carbons (Fsp3) is 0.409.